The van der Waals surface area contributed by atoms with Crippen molar-refractivity contribution in [2.45, 2.75) is 44.3 Å². The molecule has 13 nitrogen and oxygen atoms in total. The molecule has 2 heterocycles. The van der Waals surface area contributed by atoms with Gasteiger partial charge in [-0.15, -0.1) is 15.9 Å². The van der Waals surface area contributed by atoms with Crippen LogP contribution in [0.3, 0.4) is 0 Å². The Morgan fingerprint density at radius 2 is 1.90 bits per heavy atom. The Morgan fingerprint density at radius 3 is 2.63 bits per heavy atom. The number of nitrogens with zero attached hydrogens (tertiary/aromatic N) is 2. The Labute approximate surface area is 239 Å². The molecule has 0 unspecified atom stereocenters. The van der Waals surface area contributed by atoms with E-state index < -0.39 is 28.4 Å². The number of fused-ring (bicyclic) bond motifs is 1. The molecule has 0 radical (unpaired) electrons. The minimum atomic E-state index is -3.21. The molecule has 3 aromatic rings. The van der Waals surface area contributed by atoms with Crippen LogP contribution in [0.2, 0.25) is 0 Å². The van der Waals surface area contributed by atoms with Crippen LogP contribution in [0, 0.1) is 0 Å². The SMILES string of the molecule is COC[C@H](C)Oc1cc(Oc2ccc3c(c2)OCCNS3(O)O)cc(C(=O)Nc2ccn(C(=O)OC(C)(C)C)n2)c1. The van der Waals surface area contributed by atoms with Gasteiger partial charge in [-0.2, -0.15) is 4.68 Å². The number of benzene rings is 2. The molecule has 1 amide bonds. The summed E-state index contributed by atoms with van der Waals surface area (Å²) in [5.41, 5.74) is -0.511. The van der Waals surface area contributed by atoms with Gasteiger partial charge < -0.3 is 29.0 Å². The van der Waals surface area contributed by atoms with E-state index in [0.29, 0.717) is 18.1 Å². The molecule has 222 valence electrons. The molecule has 0 bridgehead atoms. The molecule has 2 aromatic carbocycles. The summed E-state index contributed by atoms with van der Waals surface area (Å²) in [6.45, 7) is 7.85. The molecule has 1 aliphatic rings. The lowest BCUT2D eigenvalue weighted by atomic mass is 10.2. The van der Waals surface area contributed by atoms with Crippen molar-refractivity contribution < 1.29 is 42.4 Å². The maximum atomic E-state index is 13.2. The van der Waals surface area contributed by atoms with Crippen molar-refractivity contribution in [1.82, 2.24) is 14.5 Å². The highest BCUT2D eigenvalue weighted by Crippen LogP contribution is 2.51. The number of amides is 1. The van der Waals surface area contributed by atoms with Gasteiger partial charge in [0.2, 0.25) is 0 Å². The van der Waals surface area contributed by atoms with Crippen LogP contribution in [0.4, 0.5) is 10.6 Å². The van der Waals surface area contributed by atoms with E-state index in [1.54, 1.807) is 52.1 Å². The molecule has 0 saturated heterocycles. The van der Waals surface area contributed by atoms with E-state index in [2.05, 4.69) is 15.1 Å². The first-order chi connectivity index (χ1) is 19.3. The average Bonchev–Trinajstić information content (AvgIpc) is 3.28. The lowest BCUT2D eigenvalue weighted by molar-refractivity contribution is 0.0514. The third-order valence-corrected chi connectivity index (χ3v) is 6.97. The molecule has 4 rings (SSSR count). The fourth-order valence-electron chi connectivity index (χ4n) is 3.78. The van der Waals surface area contributed by atoms with Gasteiger partial charge in [-0.25, -0.2) is 9.52 Å². The summed E-state index contributed by atoms with van der Waals surface area (Å²) < 4.78 is 52.4. The fraction of sp³-hybridized carbons (Fsp3) is 0.370. The third kappa shape index (κ3) is 8.11. The van der Waals surface area contributed by atoms with Crippen molar-refractivity contribution in [3.8, 4) is 23.0 Å². The summed E-state index contributed by atoms with van der Waals surface area (Å²) in [5, 5.41) is 6.73. The number of aromatic nitrogens is 2. The van der Waals surface area contributed by atoms with Crippen molar-refractivity contribution in [3.05, 3.63) is 54.2 Å². The second kappa shape index (κ2) is 12.4. The number of ether oxygens (including phenoxy) is 5. The molecule has 4 N–H and O–H groups in total. The summed E-state index contributed by atoms with van der Waals surface area (Å²) in [4.78, 5) is 25.7. The van der Waals surface area contributed by atoms with Crippen LogP contribution in [-0.2, 0) is 9.47 Å². The summed E-state index contributed by atoms with van der Waals surface area (Å²) in [7, 11) is -1.65. The lowest BCUT2D eigenvalue weighted by Gasteiger charge is -2.31. The molecule has 14 heteroatoms. The smallest absolute Gasteiger partial charge is 0.435 e. The number of hydrogen-bond donors (Lipinski definition) is 4. The van der Waals surface area contributed by atoms with Crippen LogP contribution >= 0.6 is 10.8 Å². The van der Waals surface area contributed by atoms with Crippen molar-refractivity contribution in [3.63, 3.8) is 0 Å². The summed E-state index contributed by atoms with van der Waals surface area (Å²) in [6.07, 6.45) is 0.377. The quantitative estimate of drug-likeness (QED) is 0.275. The topological polar surface area (TPSA) is 163 Å². The first kappa shape index (κ1) is 30.1. The van der Waals surface area contributed by atoms with Gasteiger partial charge in [0.05, 0.1) is 6.61 Å². The molecule has 41 heavy (non-hydrogen) atoms. The minimum absolute atomic E-state index is 0.137. The number of anilines is 1. The van der Waals surface area contributed by atoms with E-state index in [0.717, 1.165) is 4.68 Å². The predicted octanol–water partition coefficient (Wildman–Crippen LogP) is 5.13. The normalized spacial score (nSPS) is 15.9. The number of carbonyl (C=O) groups excluding carboxylic acids is 2. The van der Waals surface area contributed by atoms with Gasteiger partial charge in [0, 0.05) is 43.6 Å². The van der Waals surface area contributed by atoms with Crippen molar-refractivity contribution in [2.24, 2.45) is 0 Å². The van der Waals surface area contributed by atoms with Gasteiger partial charge in [-0.05, 0) is 52.0 Å². The number of hydrogen-bond acceptors (Lipinski definition) is 11. The fourth-order valence-corrected chi connectivity index (χ4v) is 4.96. The summed E-state index contributed by atoms with van der Waals surface area (Å²) in [5.74, 6) is 0.839. The largest absolute Gasteiger partial charge is 0.490 e. The lowest BCUT2D eigenvalue weighted by Crippen LogP contribution is -2.27. The number of nitrogens with one attached hydrogen (secondary N) is 2. The summed E-state index contributed by atoms with van der Waals surface area (Å²) >= 11 is 0. The van der Waals surface area contributed by atoms with E-state index in [1.807, 2.05) is 6.92 Å². The van der Waals surface area contributed by atoms with Gasteiger partial charge in [0.25, 0.3) is 5.91 Å². The zero-order chi connectivity index (χ0) is 29.8. The molecule has 1 aliphatic heterocycles. The zero-order valence-electron chi connectivity index (χ0n) is 23.4. The van der Waals surface area contributed by atoms with Crippen molar-refractivity contribution >= 4 is 28.6 Å². The predicted molar refractivity (Wildman–Crippen MR) is 151 cm³/mol. The Morgan fingerprint density at radius 1 is 1.15 bits per heavy atom. The van der Waals surface area contributed by atoms with Gasteiger partial charge in [-0.3, -0.25) is 13.9 Å². The van der Waals surface area contributed by atoms with Crippen LogP contribution in [0.25, 0.3) is 0 Å². The first-order valence-corrected chi connectivity index (χ1v) is 14.3. The molecule has 0 fully saturated rings. The highest BCUT2D eigenvalue weighted by molar-refractivity contribution is 8.22. The van der Waals surface area contributed by atoms with Crippen LogP contribution in [0.15, 0.2) is 53.6 Å². The van der Waals surface area contributed by atoms with E-state index >= 15 is 0 Å². The Hall–Kier alpha value is -3.82. The number of rotatable bonds is 8. The first-order valence-electron chi connectivity index (χ1n) is 12.7. The molecule has 0 aliphatic carbocycles. The molecule has 0 saturated carbocycles. The maximum absolute atomic E-state index is 13.2. The highest BCUT2D eigenvalue weighted by Gasteiger charge is 2.24. The Bertz CT molecular complexity index is 1400. The number of methoxy groups -OCH3 is 1. The van der Waals surface area contributed by atoms with E-state index in [-0.39, 0.29) is 47.0 Å². The zero-order valence-corrected chi connectivity index (χ0v) is 24.2. The van der Waals surface area contributed by atoms with Gasteiger partial charge in [-0.1, -0.05) is 0 Å². The molecular weight excluding hydrogens is 556 g/mol. The Kier molecular flexibility index (Phi) is 9.09. The molecule has 1 aromatic heterocycles. The van der Waals surface area contributed by atoms with E-state index in [4.69, 9.17) is 23.7 Å². The van der Waals surface area contributed by atoms with Gasteiger partial charge in [0.1, 0.15) is 46.2 Å². The van der Waals surface area contributed by atoms with E-state index in [9.17, 15) is 18.7 Å². The highest BCUT2D eigenvalue weighted by atomic mass is 32.3. The van der Waals surface area contributed by atoms with Gasteiger partial charge >= 0.3 is 6.09 Å². The third-order valence-electron chi connectivity index (χ3n) is 5.41. The second-order valence-electron chi connectivity index (χ2n) is 10.2. The minimum Gasteiger partial charge on any atom is -0.490 e. The number of carbonyl (C=O) groups is 2. The van der Waals surface area contributed by atoms with Crippen molar-refractivity contribution in [2.75, 3.05) is 32.2 Å². The van der Waals surface area contributed by atoms with E-state index in [1.165, 1.54) is 24.4 Å². The molecule has 1 atom stereocenters. The monoisotopic (exact) mass is 590 g/mol. The Balaban J connectivity index is 1.58. The molecule has 0 spiro atoms. The van der Waals surface area contributed by atoms with Crippen LogP contribution in [-0.4, -0.2) is 69.5 Å². The van der Waals surface area contributed by atoms with Crippen LogP contribution < -0.4 is 24.2 Å². The summed E-state index contributed by atoms with van der Waals surface area (Å²) in [6, 6.07) is 10.7. The molecular formula is C27H34N4O9S. The standard InChI is InChI=1S/C27H34N4O9S/c1-17(16-36-5)38-20-12-18(25(32)29-24-8-10-31(30-24)26(33)40-27(2,3)4)13-21(14-20)39-19-6-7-23-22(15-19)37-11-9-28-41(23,34)35/h6-8,10,12-15,17,28,34-35H,9,11,16H2,1-5H3,(H,29,30,32)/t17-/m0/s1. The maximum Gasteiger partial charge on any atom is 0.435 e. The van der Waals surface area contributed by atoms with Gasteiger partial charge in [0.15, 0.2) is 5.82 Å². The van der Waals surface area contributed by atoms with Crippen LogP contribution in [0.5, 0.6) is 23.0 Å². The second-order valence-corrected chi connectivity index (χ2v) is 12.0. The average molecular weight is 591 g/mol. The van der Waals surface area contributed by atoms with Crippen molar-refractivity contribution in [1.29, 1.82) is 0 Å². The van der Waals surface area contributed by atoms with Crippen LogP contribution in [0.1, 0.15) is 38.1 Å².